The van der Waals surface area contributed by atoms with Gasteiger partial charge < -0.3 is 10.2 Å². The zero-order valence-corrected chi connectivity index (χ0v) is 10.6. The summed E-state index contributed by atoms with van der Waals surface area (Å²) in [4.78, 5) is 2.77. The highest BCUT2D eigenvalue weighted by atomic mass is 15.2. The largest absolute Gasteiger partial charge is 0.315 e. The van der Waals surface area contributed by atoms with E-state index >= 15 is 0 Å². The van der Waals surface area contributed by atoms with E-state index in [0.29, 0.717) is 0 Å². The van der Waals surface area contributed by atoms with E-state index in [1.807, 2.05) is 0 Å². The molecule has 3 aliphatic rings. The predicted molar refractivity (Wildman–Crippen MR) is 67.5 cm³/mol. The van der Waals surface area contributed by atoms with Crippen molar-refractivity contribution in [1.82, 2.24) is 10.2 Å². The van der Waals surface area contributed by atoms with Gasteiger partial charge >= 0.3 is 0 Å². The van der Waals surface area contributed by atoms with E-state index in [-0.39, 0.29) is 0 Å². The summed E-state index contributed by atoms with van der Waals surface area (Å²) in [6, 6.07) is 0.775. The summed E-state index contributed by atoms with van der Waals surface area (Å²) >= 11 is 0. The van der Waals surface area contributed by atoms with Gasteiger partial charge in [0.25, 0.3) is 0 Å². The normalized spacial score (nSPS) is 27.4. The SMILES string of the molecule is CNC(CN(CC1CC1)CC1CC1)C1CC1. The summed E-state index contributed by atoms with van der Waals surface area (Å²) in [6.07, 6.45) is 8.91. The molecule has 3 aliphatic carbocycles. The van der Waals surface area contributed by atoms with Crippen molar-refractivity contribution >= 4 is 0 Å². The Labute approximate surface area is 99.8 Å². The minimum atomic E-state index is 0.775. The Morgan fingerprint density at radius 1 is 1.00 bits per heavy atom. The van der Waals surface area contributed by atoms with E-state index in [4.69, 9.17) is 0 Å². The predicted octanol–water partition coefficient (Wildman–Crippen LogP) is 2.11. The summed E-state index contributed by atoms with van der Waals surface area (Å²) in [5.74, 6) is 3.09. The molecule has 3 saturated carbocycles. The van der Waals surface area contributed by atoms with E-state index in [0.717, 1.165) is 23.8 Å². The monoisotopic (exact) mass is 222 g/mol. The van der Waals surface area contributed by atoms with Crippen molar-refractivity contribution in [2.24, 2.45) is 17.8 Å². The van der Waals surface area contributed by atoms with Crippen LogP contribution in [0.15, 0.2) is 0 Å². The standard InChI is InChI=1S/C14H26N2/c1-15-14(13-6-7-13)10-16(8-11-2-3-11)9-12-4-5-12/h11-15H,2-10H2,1H3. The first-order valence-electron chi connectivity index (χ1n) is 7.24. The van der Waals surface area contributed by atoms with Gasteiger partial charge in [0, 0.05) is 25.7 Å². The van der Waals surface area contributed by atoms with E-state index < -0.39 is 0 Å². The fourth-order valence-corrected chi connectivity index (χ4v) is 2.81. The smallest absolute Gasteiger partial charge is 0.0220 e. The molecule has 3 rings (SSSR count). The van der Waals surface area contributed by atoms with Crippen molar-refractivity contribution in [3.63, 3.8) is 0 Å². The Morgan fingerprint density at radius 3 is 1.94 bits per heavy atom. The molecule has 3 fully saturated rings. The first kappa shape index (κ1) is 11.0. The molecule has 0 spiro atoms. The molecule has 0 aliphatic heterocycles. The summed E-state index contributed by atoms with van der Waals surface area (Å²) in [5, 5.41) is 3.54. The number of rotatable bonds is 8. The minimum Gasteiger partial charge on any atom is -0.315 e. The lowest BCUT2D eigenvalue weighted by Crippen LogP contribution is -2.42. The van der Waals surface area contributed by atoms with E-state index in [2.05, 4.69) is 17.3 Å². The minimum absolute atomic E-state index is 0.775. The lowest BCUT2D eigenvalue weighted by atomic mass is 10.1. The van der Waals surface area contributed by atoms with Crippen LogP contribution in [-0.2, 0) is 0 Å². The molecule has 16 heavy (non-hydrogen) atoms. The van der Waals surface area contributed by atoms with E-state index in [9.17, 15) is 0 Å². The van der Waals surface area contributed by atoms with Crippen LogP contribution in [-0.4, -0.2) is 37.6 Å². The maximum atomic E-state index is 3.54. The van der Waals surface area contributed by atoms with Crippen LogP contribution >= 0.6 is 0 Å². The molecule has 2 nitrogen and oxygen atoms in total. The highest BCUT2D eigenvalue weighted by molar-refractivity contribution is 4.90. The molecule has 1 unspecified atom stereocenters. The van der Waals surface area contributed by atoms with Crippen LogP contribution in [0.5, 0.6) is 0 Å². The summed E-state index contributed by atoms with van der Waals surface area (Å²) < 4.78 is 0. The first-order chi connectivity index (χ1) is 7.85. The van der Waals surface area contributed by atoms with Gasteiger partial charge in [-0.25, -0.2) is 0 Å². The van der Waals surface area contributed by atoms with Crippen LogP contribution in [0.4, 0.5) is 0 Å². The van der Waals surface area contributed by atoms with E-state index in [1.165, 1.54) is 58.2 Å². The molecule has 0 bridgehead atoms. The van der Waals surface area contributed by atoms with Crippen LogP contribution in [0.3, 0.4) is 0 Å². The van der Waals surface area contributed by atoms with Gasteiger partial charge in [0.15, 0.2) is 0 Å². The molecule has 0 aromatic carbocycles. The van der Waals surface area contributed by atoms with Crippen LogP contribution in [0.25, 0.3) is 0 Å². The van der Waals surface area contributed by atoms with Gasteiger partial charge in [-0.05, 0) is 63.3 Å². The quantitative estimate of drug-likeness (QED) is 0.676. The molecule has 92 valence electrons. The molecular formula is C14H26N2. The van der Waals surface area contributed by atoms with Crippen molar-refractivity contribution < 1.29 is 0 Å². The van der Waals surface area contributed by atoms with Gasteiger partial charge in [-0.15, -0.1) is 0 Å². The van der Waals surface area contributed by atoms with Crippen molar-refractivity contribution in [2.75, 3.05) is 26.7 Å². The summed E-state index contributed by atoms with van der Waals surface area (Å²) in [5.41, 5.74) is 0. The molecule has 0 amide bonds. The van der Waals surface area contributed by atoms with Crippen molar-refractivity contribution in [3.8, 4) is 0 Å². The molecule has 0 saturated heterocycles. The van der Waals surface area contributed by atoms with Crippen LogP contribution in [0.2, 0.25) is 0 Å². The molecule has 1 atom stereocenters. The second-order valence-corrected chi connectivity index (χ2v) is 6.34. The fraction of sp³-hybridized carbons (Fsp3) is 1.00. The first-order valence-corrected chi connectivity index (χ1v) is 7.24. The molecule has 2 heteroatoms. The number of likely N-dealkylation sites (N-methyl/N-ethyl adjacent to an activating group) is 1. The zero-order valence-electron chi connectivity index (χ0n) is 10.6. The van der Waals surface area contributed by atoms with Gasteiger partial charge in [-0.2, -0.15) is 0 Å². The van der Waals surface area contributed by atoms with Gasteiger partial charge in [-0.3, -0.25) is 0 Å². The summed E-state index contributed by atoms with van der Waals surface area (Å²) in [7, 11) is 2.15. The molecule has 1 N–H and O–H groups in total. The maximum Gasteiger partial charge on any atom is 0.0220 e. The van der Waals surface area contributed by atoms with Crippen molar-refractivity contribution in [2.45, 2.75) is 44.6 Å². The molecular weight excluding hydrogens is 196 g/mol. The average molecular weight is 222 g/mol. The maximum absolute atomic E-state index is 3.54. The zero-order chi connectivity index (χ0) is 11.0. The third kappa shape index (κ3) is 3.21. The fourth-order valence-electron chi connectivity index (χ4n) is 2.81. The van der Waals surface area contributed by atoms with E-state index in [1.54, 1.807) is 0 Å². The Hall–Kier alpha value is -0.0800. The molecule has 0 aromatic rings. The molecule has 0 aromatic heterocycles. The van der Waals surface area contributed by atoms with Gasteiger partial charge in [0.2, 0.25) is 0 Å². The van der Waals surface area contributed by atoms with Gasteiger partial charge in [0.05, 0.1) is 0 Å². The molecule has 0 radical (unpaired) electrons. The molecule has 0 heterocycles. The number of nitrogens with one attached hydrogen (secondary N) is 1. The topological polar surface area (TPSA) is 15.3 Å². The number of hydrogen-bond donors (Lipinski definition) is 1. The highest BCUT2D eigenvalue weighted by Crippen LogP contribution is 2.36. The van der Waals surface area contributed by atoms with Gasteiger partial charge in [-0.1, -0.05) is 0 Å². The third-order valence-electron chi connectivity index (χ3n) is 4.44. The van der Waals surface area contributed by atoms with Crippen LogP contribution < -0.4 is 5.32 Å². The van der Waals surface area contributed by atoms with Crippen molar-refractivity contribution in [3.05, 3.63) is 0 Å². The Morgan fingerprint density at radius 2 is 1.56 bits per heavy atom. The second kappa shape index (κ2) is 4.66. The average Bonchev–Trinajstić information content (AvgIpc) is 3.14. The van der Waals surface area contributed by atoms with Crippen LogP contribution in [0, 0.1) is 17.8 Å². The Bertz CT molecular complexity index is 215. The van der Waals surface area contributed by atoms with Gasteiger partial charge in [0.1, 0.15) is 0 Å². The third-order valence-corrected chi connectivity index (χ3v) is 4.44. The number of hydrogen-bond acceptors (Lipinski definition) is 2. The van der Waals surface area contributed by atoms with Crippen molar-refractivity contribution in [1.29, 1.82) is 0 Å². The highest BCUT2D eigenvalue weighted by Gasteiger charge is 2.34. The lowest BCUT2D eigenvalue weighted by molar-refractivity contribution is 0.219. The number of nitrogens with zero attached hydrogens (tertiary/aromatic N) is 1. The second-order valence-electron chi connectivity index (χ2n) is 6.34. The van der Waals surface area contributed by atoms with Crippen LogP contribution in [0.1, 0.15) is 38.5 Å². The Kier molecular flexibility index (Phi) is 3.21. The Balaban J connectivity index is 1.48. The summed E-state index contributed by atoms with van der Waals surface area (Å²) in [6.45, 7) is 4.09. The lowest BCUT2D eigenvalue weighted by Gasteiger charge is -2.27.